The minimum Gasteiger partial charge on any atom is -0.465 e. The van der Waals surface area contributed by atoms with Crippen molar-refractivity contribution in [2.45, 2.75) is 12.8 Å². The SMILES string of the molecule is NC(=O)CN(CC1CCN(c2ccc(-c3ccc(F)cc3)cn2)CC1)C(=O)O. The molecule has 0 radical (unpaired) electrons. The molecule has 0 unspecified atom stereocenters. The molecule has 28 heavy (non-hydrogen) atoms. The highest BCUT2D eigenvalue weighted by Gasteiger charge is 2.25. The molecule has 8 heteroatoms. The number of carboxylic acid groups (broad SMARTS) is 1. The Morgan fingerprint density at radius 1 is 1.14 bits per heavy atom. The second-order valence-electron chi connectivity index (χ2n) is 6.97. The van der Waals surface area contributed by atoms with Crippen LogP contribution in [0, 0.1) is 11.7 Å². The van der Waals surface area contributed by atoms with E-state index >= 15 is 0 Å². The molecule has 2 heterocycles. The fraction of sp³-hybridized carbons (Fsp3) is 0.350. The second kappa shape index (κ2) is 8.69. The fourth-order valence-electron chi connectivity index (χ4n) is 3.44. The maximum absolute atomic E-state index is 13.0. The van der Waals surface area contributed by atoms with Crippen molar-refractivity contribution in [3.63, 3.8) is 0 Å². The van der Waals surface area contributed by atoms with Crippen LogP contribution in [0.1, 0.15) is 12.8 Å². The van der Waals surface area contributed by atoms with Crippen LogP contribution in [0.15, 0.2) is 42.6 Å². The monoisotopic (exact) mass is 386 g/mol. The highest BCUT2D eigenvalue weighted by atomic mass is 19.1. The Morgan fingerprint density at radius 2 is 1.79 bits per heavy atom. The Morgan fingerprint density at radius 3 is 2.32 bits per heavy atom. The van der Waals surface area contributed by atoms with Crippen LogP contribution in [0.4, 0.5) is 15.0 Å². The van der Waals surface area contributed by atoms with Crippen LogP contribution in [0.2, 0.25) is 0 Å². The summed E-state index contributed by atoms with van der Waals surface area (Å²) in [7, 11) is 0. The minimum atomic E-state index is -1.13. The van der Waals surface area contributed by atoms with Crippen LogP contribution in [-0.4, -0.2) is 53.2 Å². The van der Waals surface area contributed by atoms with Crippen molar-refractivity contribution < 1.29 is 19.1 Å². The van der Waals surface area contributed by atoms with Crippen LogP contribution < -0.4 is 10.6 Å². The van der Waals surface area contributed by atoms with E-state index in [1.165, 1.54) is 12.1 Å². The first-order chi connectivity index (χ1) is 13.4. The van der Waals surface area contributed by atoms with Crippen molar-refractivity contribution in [1.82, 2.24) is 9.88 Å². The number of carbonyl (C=O) groups is 2. The van der Waals surface area contributed by atoms with Crippen LogP contribution in [-0.2, 0) is 4.79 Å². The smallest absolute Gasteiger partial charge is 0.407 e. The Balaban J connectivity index is 1.56. The third-order valence-electron chi connectivity index (χ3n) is 4.96. The molecule has 148 valence electrons. The highest BCUT2D eigenvalue weighted by Crippen LogP contribution is 2.25. The number of benzene rings is 1. The van der Waals surface area contributed by atoms with Crippen molar-refractivity contribution in [2.24, 2.45) is 11.7 Å². The number of rotatable bonds is 6. The molecule has 0 bridgehead atoms. The van der Waals surface area contributed by atoms with E-state index in [4.69, 9.17) is 5.73 Å². The number of primary amides is 1. The number of aromatic nitrogens is 1. The molecule has 0 spiro atoms. The van der Waals surface area contributed by atoms with Crippen LogP contribution in [0.3, 0.4) is 0 Å². The predicted molar refractivity (Wildman–Crippen MR) is 103 cm³/mol. The van der Waals surface area contributed by atoms with Crippen molar-refractivity contribution in [2.75, 3.05) is 31.1 Å². The number of nitrogens with zero attached hydrogens (tertiary/aromatic N) is 3. The van der Waals surface area contributed by atoms with E-state index in [-0.39, 0.29) is 18.3 Å². The summed E-state index contributed by atoms with van der Waals surface area (Å²) in [4.78, 5) is 30.0. The van der Waals surface area contributed by atoms with Gasteiger partial charge in [0, 0.05) is 31.4 Å². The largest absolute Gasteiger partial charge is 0.465 e. The molecular weight excluding hydrogens is 363 g/mol. The molecule has 1 aliphatic heterocycles. The lowest BCUT2D eigenvalue weighted by Crippen LogP contribution is -2.43. The van der Waals surface area contributed by atoms with Gasteiger partial charge >= 0.3 is 6.09 Å². The molecule has 1 aromatic carbocycles. The molecule has 2 aromatic rings. The number of anilines is 1. The summed E-state index contributed by atoms with van der Waals surface area (Å²) in [6.07, 6.45) is 2.26. The van der Waals surface area contributed by atoms with Gasteiger partial charge in [-0.2, -0.15) is 0 Å². The number of piperidine rings is 1. The summed E-state index contributed by atoms with van der Waals surface area (Å²) >= 11 is 0. The standard InChI is InChI=1S/C20H23FN4O3/c21-17-4-1-15(2-5-17)16-3-6-19(23-11-16)24-9-7-14(8-10-24)12-25(20(27)28)13-18(22)26/h1-6,11,14H,7-10,12-13H2,(H2,22,26)(H,27,28). The first-order valence-corrected chi connectivity index (χ1v) is 9.15. The number of carbonyl (C=O) groups excluding carboxylic acids is 1. The van der Waals surface area contributed by atoms with Gasteiger partial charge in [-0.25, -0.2) is 14.2 Å². The van der Waals surface area contributed by atoms with E-state index in [1.807, 2.05) is 12.1 Å². The first kappa shape index (κ1) is 19.6. The van der Waals surface area contributed by atoms with E-state index in [1.54, 1.807) is 18.3 Å². The average Bonchev–Trinajstić information content (AvgIpc) is 2.68. The van der Waals surface area contributed by atoms with Crippen LogP contribution in [0.5, 0.6) is 0 Å². The third kappa shape index (κ3) is 4.97. The van der Waals surface area contributed by atoms with Gasteiger partial charge in [0.25, 0.3) is 0 Å². The highest BCUT2D eigenvalue weighted by molar-refractivity contribution is 5.80. The molecular formula is C20H23FN4O3. The van der Waals surface area contributed by atoms with Gasteiger partial charge in [-0.1, -0.05) is 12.1 Å². The van der Waals surface area contributed by atoms with Crippen LogP contribution in [0.25, 0.3) is 11.1 Å². The zero-order valence-corrected chi connectivity index (χ0v) is 15.4. The second-order valence-corrected chi connectivity index (χ2v) is 6.97. The summed E-state index contributed by atoms with van der Waals surface area (Å²) in [6.45, 7) is 1.56. The normalized spacial score (nSPS) is 14.7. The van der Waals surface area contributed by atoms with Crippen molar-refractivity contribution >= 4 is 17.8 Å². The van der Waals surface area contributed by atoms with E-state index in [9.17, 15) is 19.1 Å². The Hall–Kier alpha value is -3.16. The molecule has 7 nitrogen and oxygen atoms in total. The molecule has 1 aromatic heterocycles. The van der Waals surface area contributed by atoms with E-state index < -0.39 is 12.0 Å². The summed E-state index contributed by atoms with van der Waals surface area (Å²) in [5.74, 6) is 0.125. The van der Waals surface area contributed by atoms with E-state index in [2.05, 4.69) is 9.88 Å². The topological polar surface area (TPSA) is 99.8 Å². The lowest BCUT2D eigenvalue weighted by Gasteiger charge is -2.34. The zero-order valence-electron chi connectivity index (χ0n) is 15.4. The van der Waals surface area contributed by atoms with E-state index in [0.717, 1.165) is 47.8 Å². The quantitative estimate of drug-likeness (QED) is 0.795. The summed E-state index contributed by atoms with van der Waals surface area (Å²) in [6, 6.07) is 10.2. The maximum Gasteiger partial charge on any atom is 0.407 e. The van der Waals surface area contributed by atoms with Crippen LogP contribution >= 0.6 is 0 Å². The number of pyridine rings is 1. The molecule has 0 saturated carbocycles. The van der Waals surface area contributed by atoms with Gasteiger partial charge in [0.05, 0.1) is 0 Å². The minimum absolute atomic E-state index is 0.185. The lowest BCUT2D eigenvalue weighted by atomic mass is 9.96. The van der Waals surface area contributed by atoms with Gasteiger partial charge in [-0.15, -0.1) is 0 Å². The molecule has 1 aliphatic rings. The molecule has 0 atom stereocenters. The number of hydrogen-bond donors (Lipinski definition) is 2. The predicted octanol–water partition coefficient (Wildman–Crippen LogP) is 2.57. The van der Waals surface area contributed by atoms with Gasteiger partial charge in [-0.3, -0.25) is 9.69 Å². The average molecular weight is 386 g/mol. The summed E-state index contributed by atoms with van der Waals surface area (Å²) in [5, 5.41) is 9.19. The summed E-state index contributed by atoms with van der Waals surface area (Å²) < 4.78 is 13.0. The third-order valence-corrected chi connectivity index (χ3v) is 4.96. The fourth-order valence-corrected chi connectivity index (χ4v) is 3.44. The molecule has 3 rings (SSSR count). The van der Waals surface area contributed by atoms with Gasteiger partial charge in [-0.05, 0) is 48.6 Å². The van der Waals surface area contributed by atoms with Gasteiger partial charge < -0.3 is 15.7 Å². The maximum atomic E-state index is 13.0. The molecule has 0 aliphatic carbocycles. The van der Waals surface area contributed by atoms with E-state index in [0.29, 0.717) is 6.54 Å². The lowest BCUT2D eigenvalue weighted by molar-refractivity contribution is -0.119. The molecule has 2 amide bonds. The number of amides is 2. The van der Waals surface area contributed by atoms with Crippen molar-refractivity contribution in [3.05, 3.63) is 48.4 Å². The number of hydrogen-bond acceptors (Lipinski definition) is 4. The number of halogens is 1. The number of nitrogens with two attached hydrogens (primary N) is 1. The van der Waals surface area contributed by atoms with Gasteiger partial charge in [0.2, 0.25) is 5.91 Å². The van der Waals surface area contributed by atoms with Gasteiger partial charge in [0.1, 0.15) is 18.2 Å². The van der Waals surface area contributed by atoms with Crippen molar-refractivity contribution in [3.8, 4) is 11.1 Å². The Kier molecular flexibility index (Phi) is 6.08. The molecule has 1 saturated heterocycles. The Labute approximate surface area is 162 Å². The molecule has 3 N–H and O–H groups in total. The zero-order chi connectivity index (χ0) is 20.1. The van der Waals surface area contributed by atoms with Crippen molar-refractivity contribution in [1.29, 1.82) is 0 Å². The molecule has 1 fully saturated rings. The Bertz CT molecular complexity index is 818. The summed E-state index contributed by atoms with van der Waals surface area (Å²) in [5.41, 5.74) is 6.94. The first-order valence-electron chi connectivity index (χ1n) is 9.15. The van der Waals surface area contributed by atoms with Gasteiger partial charge in [0.15, 0.2) is 0 Å².